The first-order valence-electron chi connectivity index (χ1n) is 6.76. The summed E-state index contributed by atoms with van der Waals surface area (Å²) in [7, 11) is 1.83. The lowest BCUT2D eigenvalue weighted by Crippen LogP contribution is -2.14. The van der Waals surface area contributed by atoms with E-state index in [4.69, 9.17) is 16.7 Å². The topological polar surface area (TPSA) is 67.2 Å². The lowest BCUT2D eigenvalue weighted by atomic mass is 10.1. The van der Waals surface area contributed by atoms with Crippen LogP contribution in [0.3, 0.4) is 0 Å². The fraction of sp³-hybridized carbons (Fsp3) is 0.333. The Labute approximate surface area is 128 Å². The molecule has 0 radical (unpaired) electrons. The summed E-state index contributed by atoms with van der Waals surface area (Å²) >= 11 is 6.23. The number of nitrogens with zero attached hydrogens (tertiary/aromatic N) is 2. The number of aryl methyl sites for hydroxylation is 2. The van der Waals surface area contributed by atoms with E-state index >= 15 is 0 Å². The number of nitrogens with one attached hydrogen (secondary N) is 1. The maximum atomic E-state index is 10.8. The molecule has 0 aliphatic carbocycles. The van der Waals surface area contributed by atoms with Crippen molar-refractivity contribution in [2.75, 3.05) is 0 Å². The van der Waals surface area contributed by atoms with Gasteiger partial charge in [-0.15, -0.1) is 0 Å². The van der Waals surface area contributed by atoms with Crippen molar-refractivity contribution < 1.29 is 9.90 Å². The van der Waals surface area contributed by atoms with Crippen molar-refractivity contribution in [1.29, 1.82) is 0 Å². The normalized spacial score (nSPS) is 10.8. The Hall–Kier alpha value is -1.85. The van der Waals surface area contributed by atoms with E-state index in [0.29, 0.717) is 23.8 Å². The number of hydrogen-bond donors (Lipinski definition) is 2. The molecule has 2 aromatic rings. The SMILES string of the molecule is CCc1nn(C)c(Cl)c1CNCc1ccc(C(=O)O)cc1. The van der Waals surface area contributed by atoms with Crippen LogP contribution in [0.4, 0.5) is 0 Å². The fourth-order valence-corrected chi connectivity index (χ4v) is 2.37. The minimum absolute atomic E-state index is 0.294. The first-order valence-corrected chi connectivity index (χ1v) is 7.14. The van der Waals surface area contributed by atoms with Crippen molar-refractivity contribution in [3.63, 3.8) is 0 Å². The van der Waals surface area contributed by atoms with Gasteiger partial charge in [0.15, 0.2) is 0 Å². The van der Waals surface area contributed by atoms with Crippen LogP contribution in [-0.4, -0.2) is 20.9 Å². The van der Waals surface area contributed by atoms with Crippen LogP contribution in [0.1, 0.15) is 34.1 Å². The average Bonchev–Trinajstić information content (AvgIpc) is 2.75. The lowest BCUT2D eigenvalue weighted by molar-refractivity contribution is 0.0697. The van der Waals surface area contributed by atoms with E-state index in [-0.39, 0.29) is 0 Å². The zero-order chi connectivity index (χ0) is 15.4. The number of rotatable bonds is 6. The van der Waals surface area contributed by atoms with Crippen molar-refractivity contribution in [2.45, 2.75) is 26.4 Å². The van der Waals surface area contributed by atoms with E-state index in [1.54, 1.807) is 16.8 Å². The second-order valence-corrected chi connectivity index (χ2v) is 5.16. The van der Waals surface area contributed by atoms with Crippen LogP contribution < -0.4 is 5.32 Å². The number of hydrogen-bond acceptors (Lipinski definition) is 3. The van der Waals surface area contributed by atoms with E-state index in [1.165, 1.54) is 0 Å². The number of halogens is 1. The van der Waals surface area contributed by atoms with Crippen LogP contribution in [0.5, 0.6) is 0 Å². The molecule has 0 saturated carbocycles. The van der Waals surface area contributed by atoms with Gasteiger partial charge in [0.1, 0.15) is 5.15 Å². The Balaban J connectivity index is 1.97. The molecule has 21 heavy (non-hydrogen) atoms. The molecule has 1 aromatic heterocycles. The van der Waals surface area contributed by atoms with E-state index in [2.05, 4.69) is 10.4 Å². The van der Waals surface area contributed by atoms with Gasteiger partial charge in [-0.1, -0.05) is 30.7 Å². The summed E-state index contributed by atoms with van der Waals surface area (Å²) in [5.74, 6) is -0.913. The van der Waals surface area contributed by atoms with Gasteiger partial charge in [-0.25, -0.2) is 4.79 Å². The summed E-state index contributed by atoms with van der Waals surface area (Å²) < 4.78 is 1.68. The molecule has 0 amide bonds. The van der Waals surface area contributed by atoms with Gasteiger partial charge < -0.3 is 10.4 Å². The molecule has 1 aromatic carbocycles. The average molecular weight is 308 g/mol. The molecule has 1 heterocycles. The summed E-state index contributed by atoms with van der Waals surface area (Å²) in [6.45, 7) is 3.33. The molecule has 0 spiro atoms. The molecular weight excluding hydrogens is 290 g/mol. The maximum Gasteiger partial charge on any atom is 0.335 e. The van der Waals surface area contributed by atoms with Crippen LogP contribution >= 0.6 is 11.6 Å². The van der Waals surface area contributed by atoms with E-state index in [0.717, 1.165) is 23.2 Å². The quantitative estimate of drug-likeness (QED) is 0.861. The van der Waals surface area contributed by atoms with Crippen molar-refractivity contribution in [1.82, 2.24) is 15.1 Å². The highest BCUT2D eigenvalue weighted by Gasteiger charge is 2.12. The number of aromatic nitrogens is 2. The molecule has 2 N–H and O–H groups in total. The van der Waals surface area contributed by atoms with Crippen LogP contribution in [-0.2, 0) is 26.6 Å². The van der Waals surface area contributed by atoms with Gasteiger partial charge in [0.05, 0.1) is 11.3 Å². The van der Waals surface area contributed by atoms with Crippen molar-refractivity contribution in [2.24, 2.45) is 7.05 Å². The maximum absolute atomic E-state index is 10.8. The highest BCUT2D eigenvalue weighted by atomic mass is 35.5. The van der Waals surface area contributed by atoms with Crippen LogP contribution in [0.15, 0.2) is 24.3 Å². The van der Waals surface area contributed by atoms with Crippen LogP contribution in [0.25, 0.3) is 0 Å². The van der Waals surface area contributed by atoms with Crippen molar-refractivity contribution in [3.05, 3.63) is 51.8 Å². The molecule has 0 bridgehead atoms. The molecule has 0 aliphatic heterocycles. The molecular formula is C15H18ClN3O2. The molecule has 0 aliphatic rings. The van der Waals surface area contributed by atoms with E-state index in [9.17, 15) is 4.79 Å². The second kappa shape index (κ2) is 6.74. The number of carboxylic acids is 1. The van der Waals surface area contributed by atoms with Gasteiger partial charge in [-0.05, 0) is 24.1 Å². The molecule has 0 unspecified atom stereocenters. The van der Waals surface area contributed by atoms with Gasteiger partial charge in [0, 0.05) is 25.7 Å². The summed E-state index contributed by atoms with van der Waals surface area (Å²) in [6, 6.07) is 6.83. The second-order valence-electron chi connectivity index (χ2n) is 4.80. The smallest absolute Gasteiger partial charge is 0.335 e. The number of carboxylic acid groups (broad SMARTS) is 1. The zero-order valence-electron chi connectivity index (χ0n) is 12.1. The Kier molecular flexibility index (Phi) is 4.98. The Morgan fingerprint density at radius 3 is 2.57 bits per heavy atom. The zero-order valence-corrected chi connectivity index (χ0v) is 12.8. The highest BCUT2D eigenvalue weighted by molar-refractivity contribution is 6.30. The first-order chi connectivity index (χ1) is 10.0. The van der Waals surface area contributed by atoms with E-state index < -0.39 is 5.97 Å². The monoisotopic (exact) mass is 307 g/mol. The standard InChI is InChI=1S/C15H18ClN3O2/c1-3-13-12(14(16)19(2)18-13)9-17-8-10-4-6-11(7-5-10)15(20)21/h4-7,17H,3,8-9H2,1-2H3,(H,20,21). The van der Waals surface area contributed by atoms with Gasteiger partial charge in [0.2, 0.25) is 0 Å². The van der Waals surface area contributed by atoms with Gasteiger partial charge in [0.25, 0.3) is 0 Å². The first kappa shape index (κ1) is 15.5. The number of aromatic carboxylic acids is 1. The molecule has 6 heteroatoms. The van der Waals surface area contributed by atoms with Crippen LogP contribution in [0.2, 0.25) is 5.15 Å². The highest BCUT2D eigenvalue weighted by Crippen LogP contribution is 2.19. The fourth-order valence-electron chi connectivity index (χ4n) is 2.16. The molecule has 2 rings (SSSR count). The predicted molar refractivity (Wildman–Crippen MR) is 81.5 cm³/mol. The summed E-state index contributed by atoms with van der Waals surface area (Å²) in [5, 5.41) is 17.2. The van der Waals surface area contributed by atoms with Crippen LogP contribution in [0, 0.1) is 0 Å². The molecule has 112 valence electrons. The third kappa shape index (κ3) is 3.62. The van der Waals surface area contributed by atoms with Gasteiger partial charge in [-0.3, -0.25) is 4.68 Å². The number of benzene rings is 1. The lowest BCUT2D eigenvalue weighted by Gasteiger charge is -2.06. The number of carbonyl (C=O) groups is 1. The van der Waals surface area contributed by atoms with Gasteiger partial charge >= 0.3 is 5.97 Å². The van der Waals surface area contributed by atoms with Gasteiger partial charge in [-0.2, -0.15) is 5.10 Å². The van der Waals surface area contributed by atoms with Crippen molar-refractivity contribution in [3.8, 4) is 0 Å². The minimum atomic E-state index is -0.913. The minimum Gasteiger partial charge on any atom is -0.478 e. The Morgan fingerprint density at radius 1 is 1.33 bits per heavy atom. The third-order valence-electron chi connectivity index (χ3n) is 3.32. The Morgan fingerprint density at radius 2 is 2.00 bits per heavy atom. The summed E-state index contributed by atoms with van der Waals surface area (Å²) in [6.07, 6.45) is 0.838. The Bertz CT molecular complexity index is 635. The van der Waals surface area contributed by atoms with E-state index in [1.807, 2.05) is 26.1 Å². The summed E-state index contributed by atoms with van der Waals surface area (Å²) in [4.78, 5) is 10.8. The molecule has 0 saturated heterocycles. The predicted octanol–water partition coefficient (Wildman–Crippen LogP) is 2.62. The third-order valence-corrected chi connectivity index (χ3v) is 3.79. The summed E-state index contributed by atoms with van der Waals surface area (Å²) in [5.41, 5.74) is 3.33. The molecule has 0 atom stereocenters. The molecule has 0 fully saturated rings. The molecule has 5 nitrogen and oxygen atoms in total. The van der Waals surface area contributed by atoms with Crippen molar-refractivity contribution >= 4 is 17.6 Å². The largest absolute Gasteiger partial charge is 0.478 e.